The minimum atomic E-state index is 0.0336. The third kappa shape index (κ3) is 5.94. The van der Waals surface area contributed by atoms with Crippen molar-refractivity contribution >= 4 is 23.2 Å². The van der Waals surface area contributed by atoms with Crippen molar-refractivity contribution < 1.29 is 4.79 Å². The normalized spacial score (nSPS) is 19.9. The molecule has 0 unspecified atom stereocenters. The topological polar surface area (TPSA) is 51.2 Å². The molecule has 0 bridgehead atoms. The zero-order chi connectivity index (χ0) is 19.1. The van der Waals surface area contributed by atoms with Crippen LogP contribution >= 0.6 is 11.3 Å². The fourth-order valence-electron chi connectivity index (χ4n) is 3.88. The molecule has 2 heterocycles. The zero-order valence-electron chi connectivity index (χ0n) is 16.7. The molecular formula is C20H33N5OS. The molecule has 1 aliphatic heterocycles. The molecule has 1 amide bonds. The number of thiophene rings is 1. The van der Waals surface area contributed by atoms with Crippen molar-refractivity contribution in [2.75, 3.05) is 46.8 Å². The highest BCUT2D eigenvalue weighted by molar-refractivity contribution is 7.09. The van der Waals surface area contributed by atoms with Crippen molar-refractivity contribution in [1.29, 1.82) is 0 Å². The van der Waals surface area contributed by atoms with Crippen molar-refractivity contribution in [2.24, 2.45) is 4.99 Å². The van der Waals surface area contributed by atoms with Crippen LogP contribution in [0, 0.1) is 0 Å². The molecule has 1 aliphatic carbocycles. The van der Waals surface area contributed by atoms with Gasteiger partial charge >= 0.3 is 0 Å². The van der Waals surface area contributed by atoms with Gasteiger partial charge in [-0.3, -0.25) is 9.69 Å². The fourth-order valence-corrected chi connectivity index (χ4v) is 4.52. The monoisotopic (exact) mass is 391 g/mol. The number of rotatable bonds is 5. The van der Waals surface area contributed by atoms with Crippen LogP contribution in [0.1, 0.15) is 37.0 Å². The van der Waals surface area contributed by atoms with Gasteiger partial charge < -0.3 is 15.1 Å². The molecule has 0 radical (unpaired) electrons. The highest BCUT2D eigenvalue weighted by atomic mass is 32.1. The fraction of sp³-hybridized carbons (Fsp3) is 0.700. The van der Waals surface area contributed by atoms with E-state index in [4.69, 9.17) is 0 Å². The summed E-state index contributed by atoms with van der Waals surface area (Å²) in [6.45, 7) is 5.09. The third-order valence-electron chi connectivity index (χ3n) is 5.57. The lowest BCUT2D eigenvalue weighted by molar-refractivity contribution is -0.127. The van der Waals surface area contributed by atoms with E-state index < -0.39 is 0 Å². The highest BCUT2D eigenvalue weighted by Gasteiger charge is 2.26. The Hall–Kier alpha value is -1.60. The highest BCUT2D eigenvalue weighted by Crippen LogP contribution is 2.23. The van der Waals surface area contributed by atoms with Crippen LogP contribution in [0.2, 0.25) is 0 Å². The van der Waals surface area contributed by atoms with Crippen LogP contribution in [0.5, 0.6) is 0 Å². The van der Waals surface area contributed by atoms with E-state index in [1.807, 2.05) is 0 Å². The Bertz CT molecular complexity index is 602. The molecule has 1 saturated heterocycles. The summed E-state index contributed by atoms with van der Waals surface area (Å²) in [5, 5.41) is 5.57. The zero-order valence-corrected chi connectivity index (χ0v) is 17.5. The van der Waals surface area contributed by atoms with Gasteiger partial charge in [0.25, 0.3) is 0 Å². The molecule has 2 fully saturated rings. The Morgan fingerprint density at radius 3 is 2.59 bits per heavy atom. The van der Waals surface area contributed by atoms with Crippen LogP contribution in [0.25, 0.3) is 0 Å². The maximum absolute atomic E-state index is 12.0. The standard InChI is InChI=1S/C20H33N5OS/c1-23(2)19(26)16-22-20(21-15-18-9-6-14-27-18)25-12-10-24(11-13-25)17-7-4-3-5-8-17/h6,9,14,17H,3-5,7-8,10-13,15-16H2,1-2H3,(H,21,22). The second kappa shape index (κ2) is 10.1. The molecule has 1 N–H and O–H groups in total. The Labute approximate surface area is 167 Å². The van der Waals surface area contributed by atoms with E-state index in [2.05, 4.69) is 37.6 Å². The van der Waals surface area contributed by atoms with E-state index in [9.17, 15) is 4.79 Å². The van der Waals surface area contributed by atoms with E-state index in [0.717, 1.165) is 44.7 Å². The Morgan fingerprint density at radius 1 is 1.22 bits per heavy atom. The molecule has 2 aliphatic rings. The number of hydrogen-bond donors (Lipinski definition) is 1. The SMILES string of the molecule is CN(C)C(=O)CN=C(NCc1cccs1)N1CCN(C2CCCCC2)CC1. The van der Waals surface area contributed by atoms with Crippen molar-refractivity contribution in [3.05, 3.63) is 22.4 Å². The molecule has 7 heteroatoms. The first-order chi connectivity index (χ1) is 13.1. The Balaban J connectivity index is 1.58. The van der Waals surface area contributed by atoms with Gasteiger partial charge in [-0.2, -0.15) is 0 Å². The van der Waals surface area contributed by atoms with Gasteiger partial charge in [0.15, 0.2) is 5.96 Å². The molecule has 0 atom stereocenters. The van der Waals surface area contributed by atoms with Crippen molar-refractivity contribution in [2.45, 2.75) is 44.7 Å². The minimum Gasteiger partial charge on any atom is -0.351 e. The molecule has 150 valence electrons. The number of hydrogen-bond acceptors (Lipinski definition) is 4. The van der Waals surface area contributed by atoms with Crippen molar-refractivity contribution in [3.63, 3.8) is 0 Å². The summed E-state index contributed by atoms with van der Waals surface area (Å²) in [7, 11) is 3.55. The molecule has 3 rings (SSSR count). The summed E-state index contributed by atoms with van der Waals surface area (Å²) in [5.41, 5.74) is 0. The quantitative estimate of drug-likeness (QED) is 0.618. The number of likely N-dealkylation sites (N-methyl/N-ethyl adjacent to an activating group) is 1. The molecule has 0 aromatic carbocycles. The largest absolute Gasteiger partial charge is 0.351 e. The van der Waals surface area contributed by atoms with Gasteiger partial charge in [-0.15, -0.1) is 11.3 Å². The van der Waals surface area contributed by atoms with E-state index in [1.165, 1.54) is 37.0 Å². The molecule has 1 saturated carbocycles. The summed E-state index contributed by atoms with van der Waals surface area (Å²) in [6, 6.07) is 4.97. The number of aliphatic imine (C=N–C) groups is 1. The first-order valence-corrected chi connectivity index (χ1v) is 11.0. The second-order valence-corrected chi connectivity index (χ2v) is 8.71. The Morgan fingerprint density at radius 2 is 1.96 bits per heavy atom. The average molecular weight is 392 g/mol. The number of nitrogens with one attached hydrogen (secondary N) is 1. The maximum atomic E-state index is 12.0. The molecule has 1 aromatic rings. The third-order valence-corrected chi connectivity index (χ3v) is 6.44. The molecule has 1 aromatic heterocycles. The number of nitrogens with zero attached hydrogens (tertiary/aromatic N) is 4. The first kappa shape index (κ1) is 20.1. The smallest absolute Gasteiger partial charge is 0.243 e. The number of carbonyl (C=O) groups excluding carboxylic acids is 1. The van der Waals surface area contributed by atoms with E-state index in [1.54, 1.807) is 30.3 Å². The van der Waals surface area contributed by atoms with Crippen LogP contribution < -0.4 is 5.32 Å². The minimum absolute atomic E-state index is 0.0336. The average Bonchev–Trinajstić information content (AvgIpc) is 3.22. The van der Waals surface area contributed by atoms with Gasteiger partial charge in [-0.1, -0.05) is 25.3 Å². The summed E-state index contributed by atoms with van der Waals surface area (Å²) >= 11 is 1.74. The lowest BCUT2D eigenvalue weighted by atomic mass is 9.94. The summed E-state index contributed by atoms with van der Waals surface area (Å²) in [6.07, 6.45) is 6.88. The molecular weight excluding hydrogens is 358 g/mol. The second-order valence-electron chi connectivity index (χ2n) is 7.68. The molecule has 6 nitrogen and oxygen atoms in total. The summed E-state index contributed by atoms with van der Waals surface area (Å²) in [5.74, 6) is 0.896. The summed E-state index contributed by atoms with van der Waals surface area (Å²) in [4.78, 5) is 24.5. The van der Waals surface area contributed by atoms with Gasteiger partial charge in [-0.05, 0) is 24.3 Å². The van der Waals surface area contributed by atoms with E-state index in [-0.39, 0.29) is 12.5 Å². The number of amides is 1. The number of piperazine rings is 1. The van der Waals surface area contributed by atoms with Gasteiger partial charge in [0, 0.05) is 51.2 Å². The molecule has 0 spiro atoms. The molecule has 27 heavy (non-hydrogen) atoms. The lowest BCUT2D eigenvalue weighted by Gasteiger charge is -2.41. The number of carbonyl (C=O) groups is 1. The van der Waals surface area contributed by atoms with Gasteiger partial charge in [-0.25, -0.2) is 4.99 Å². The van der Waals surface area contributed by atoms with Crippen molar-refractivity contribution in [1.82, 2.24) is 20.0 Å². The van der Waals surface area contributed by atoms with Crippen LogP contribution in [0.15, 0.2) is 22.5 Å². The van der Waals surface area contributed by atoms with Crippen LogP contribution in [-0.2, 0) is 11.3 Å². The van der Waals surface area contributed by atoms with E-state index >= 15 is 0 Å². The predicted octanol–water partition coefficient (Wildman–Crippen LogP) is 2.23. The van der Waals surface area contributed by atoms with Crippen LogP contribution in [0.3, 0.4) is 0 Å². The van der Waals surface area contributed by atoms with Gasteiger partial charge in [0.2, 0.25) is 5.91 Å². The maximum Gasteiger partial charge on any atom is 0.243 e. The van der Waals surface area contributed by atoms with Gasteiger partial charge in [0.05, 0.1) is 6.54 Å². The van der Waals surface area contributed by atoms with Crippen LogP contribution in [-0.4, -0.2) is 79.4 Å². The number of guanidine groups is 1. The first-order valence-electron chi connectivity index (χ1n) is 10.1. The lowest BCUT2D eigenvalue weighted by Crippen LogP contribution is -2.55. The van der Waals surface area contributed by atoms with Crippen LogP contribution in [0.4, 0.5) is 0 Å². The van der Waals surface area contributed by atoms with Gasteiger partial charge in [0.1, 0.15) is 6.54 Å². The van der Waals surface area contributed by atoms with Crippen molar-refractivity contribution in [3.8, 4) is 0 Å². The predicted molar refractivity (Wildman–Crippen MR) is 112 cm³/mol. The van der Waals surface area contributed by atoms with E-state index in [0.29, 0.717) is 0 Å². The summed E-state index contributed by atoms with van der Waals surface area (Å²) < 4.78 is 0. The Kier molecular flexibility index (Phi) is 7.52.